The first kappa shape index (κ1) is 31.6. The molecule has 9 aromatic carbocycles. The molecule has 0 saturated carbocycles. The Hall–Kier alpha value is -6.90. The maximum Gasteiger partial charge on any atom is 0.143 e. The highest BCUT2D eigenvalue weighted by Gasteiger charge is 2.36. The molecule has 0 N–H and O–H groups in total. The molecular weight excluding hydrogens is 667 g/mol. The van der Waals surface area contributed by atoms with Crippen molar-refractivity contribution >= 4 is 60.5 Å². The van der Waals surface area contributed by atoms with Crippen molar-refractivity contribution in [2.75, 3.05) is 4.90 Å². The molecule has 1 heterocycles. The van der Waals surface area contributed by atoms with Crippen LogP contribution in [0.3, 0.4) is 0 Å². The lowest BCUT2D eigenvalue weighted by Gasteiger charge is -2.29. The quantitative estimate of drug-likeness (QED) is 0.177. The highest BCUT2D eigenvalue weighted by molar-refractivity contribution is 6.23. The summed E-state index contributed by atoms with van der Waals surface area (Å²) >= 11 is 0. The summed E-state index contributed by atoms with van der Waals surface area (Å²) in [6.45, 7) is 4.71. The lowest BCUT2D eigenvalue weighted by atomic mass is 9.82. The van der Waals surface area contributed by atoms with Crippen molar-refractivity contribution in [1.29, 1.82) is 0 Å². The summed E-state index contributed by atoms with van der Waals surface area (Å²) in [6.07, 6.45) is 0. The lowest BCUT2D eigenvalue weighted by molar-refractivity contribution is 0.660. The molecule has 0 saturated heterocycles. The van der Waals surface area contributed by atoms with Crippen LogP contribution in [0.25, 0.3) is 76.9 Å². The highest BCUT2D eigenvalue weighted by atomic mass is 16.3. The summed E-state index contributed by atoms with van der Waals surface area (Å²) in [7, 11) is 0. The van der Waals surface area contributed by atoms with Crippen molar-refractivity contribution < 1.29 is 4.42 Å². The second kappa shape index (κ2) is 12.1. The van der Waals surface area contributed by atoms with Crippen LogP contribution in [0.1, 0.15) is 25.0 Å². The molecule has 0 radical (unpaired) electrons. The van der Waals surface area contributed by atoms with E-state index in [1.54, 1.807) is 0 Å². The fourth-order valence-corrected chi connectivity index (χ4v) is 9.21. The van der Waals surface area contributed by atoms with E-state index in [1.807, 2.05) is 0 Å². The minimum atomic E-state index is -0.139. The van der Waals surface area contributed by atoms with Crippen LogP contribution in [0.2, 0.25) is 0 Å². The van der Waals surface area contributed by atoms with Gasteiger partial charge < -0.3 is 9.32 Å². The number of benzene rings is 9. The number of rotatable bonds is 5. The third-order valence-corrected chi connectivity index (χ3v) is 11.8. The summed E-state index contributed by atoms with van der Waals surface area (Å²) in [5, 5.41) is 6.91. The molecule has 260 valence electrons. The molecule has 1 aliphatic rings. The van der Waals surface area contributed by atoms with Gasteiger partial charge in [0, 0.05) is 38.3 Å². The maximum atomic E-state index is 6.87. The molecule has 0 fully saturated rings. The van der Waals surface area contributed by atoms with Gasteiger partial charge in [0.2, 0.25) is 0 Å². The summed E-state index contributed by atoms with van der Waals surface area (Å²) in [5.41, 5.74) is 15.1. The molecular formula is C53H37NO. The largest absolute Gasteiger partial charge is 0.455 e. The van der Waals surface area contributed by atoms with Gasteiger partial charge in [-0.25, -0.2) is 0 Å². The molecule has 1 aromatic heterocycles. The van der Waals surface area contributed by atoms with E-state index in [0.717, 1.165) is 49.8 Å². The Labute approximate surface area is 320 Å². The number of hydrogen-bond acceptors (Lipinski definition) is 2. The third kappa shape index (κ3) is 4.81. The molecule has 55 heavy (non-hydrogen) atoms. The average molecular weight is 704 g/mol. The molecule has 0 bridgehead atoms. The molecule has 0 amide bonds. The third-order valence-electron chi connectivity index (χ3n) is 11.8. The number of furan rings is 1. The van der Waals surface area contributed by atoms with E-state index in [9.17, 15) is 0 Å². The van der Waals surface area contributed by atoms with Gasteiger partial charge in [0.1, 0.15) is 11.2 Å². The van der Waals surface area contributed by atoms with Gasteiger partial charge in [-0.05, 0) is 91.7 Å². The minimum absolute atomic E-state index is 0.139. The normalized spacial score (nSPS) is 13.1. The topological polar surface area (TPSA) is 16.4 Å². The van der Waals surface area contributed by atoms with Crippen molar-refractivity contribution in [2.45, 2.75) is 19.3 Å². The predicted octanol–water partition coefficient (Wildman–Crippen LogP) is 15.0. The molecule has 0 aliphatic heterocycles. The van der Waals surface area contributed by atoms with E-state index in [0.29, 0.717) is 0 Å². The van der Waals surface area contributed by atoms with Gasteiger partial charge in [0.05, 0.1) is 5.69 Å². The van der Waals surface area contributed by atoms with E-state index >= 15 is 0 Å². The summed E-state index contributed by atoms with van der Waals surface area (Å²) in [5.74, 6) is 0. The van der Waals surface area contributed by atoms with Gasteiger partial charge in [-0.1, -0.05) is 166 Å². The number of hydrogen-bond donors (Lipinski definition) is 0. The maximum absolute atomic E-state index is 6.87. The second-order valence-corrected chi connectivity index (χ2v) is 15.3. The van der Waals surface area contributed by atoms with Crippen LogP contribution in [-0.2, 0) is 5.41 Å². The van der Waals surface area contributed by atoms with Crippen molar-refractivity contribution in [3.05, 3.63) is 199 Å². The predicted molar refractivity (Wildman–Crippen MR) is 232 cm³/mol. The SMILES string of the molecule is CC1(C)c2ccccc2-c2ccc(N(c3cccc(-c4ccccc4)c3)c3cc4c(oc5cccc(-c6cccc7ccccc67)c54)c4ccccc34)cc21. The number of nitrogens with zero attached hydrogens (tertiary/aromatic N) is 1. The summed E-state index contributed by atoms with van der Waals surface area (Å²) < 4.78 is 6.87. The molecule has 10 aromatic rings. The van der Waals surface area contributed by atoms with E-state index in [4.69, 9.17) is 4.42 Å². The zero-order chi connectivity index (χ0) is 36.7. The van der Waals surface area contributed by atoms with E-state index in [2.05, 4.69) is 207 Å². The Morgan fingerprint density at radius 3 is 1.95 bits per heavy atom. The summed E-state index contributed by atoms with van der Waals surface area (Å²) in [4.78, 5) is 2.47. The van der Waals surface area contributed by atoms with Crippen molar-refractivity contribution in [3.63, 3.8) is 0 Å². The van der Waals surface area contributed by atoms with Crippen LogP contribution in [0.5, 0.6) is 0 Å². The zero-order valence-electron chi connectivity index (χ0n) is 30.8. The number of fused-ring (bicyclic) bond motifs is 9. The lowest BCUT2D eigenvalue weighted by Crippen LogP contribution is -2.16. The highest BCUT2D eigenvalue weighted by Crippen LogP contribution is 2.52. The Bertz CT molecular complexity index is 3130. The van der Waals surface area contributed by atoms with Gasteiger partial charge in [-0.2, -0.15) is 0 Å². The Morgan fingerprint density at radius 2 is 1.05 bits per heavy atom. The van der Waals surface area contributed by atoms with Gasteiger partial charge >= 0.3 is 0 Å². The van der Waals surface area contributed by atoms with Crippen LogP contribution < -0.4 is 4.90 Å². The van der Waals surface area contributed by atoms with E-state index in [-0.39, 0.29) is 5.41 Å². The minimum Gasteiger partial charge on any atom is -0.455 e. The second-order valence-electron chi connectivity index (χ2n) is 15.3. The Morgan fingerprint density at radius 1 is 0.418 bits per heavy atom. The monoisotopic (exact) mass is 703 g/mol. The van der Waals surface area contributed by atoms with Crippen molar-refractivity contribution in [3.8, 4) is 33.4 Å². The smallest absolute Gasteiger partial charge is 0.143 e. The van der Waals surface area contributed by atoms with Gasteiger partial charge in [0.15, 0.2) is 0 Å². The van der Waals surface area contributed by atoms with Crippen molar-refractivity contribution in [1.82, 2.24) is 0 Å². The molecule has 0 atom stereocenters. The Kier molecular flexibility index (Phi) is 6.93. The zero-order valence-corrected chi connectivity index (χ0v) is 30.8. The number of anilines is 3. The van der Waals surface area contributed by atoms with Crippen LogP contribution in [0.15, 0.2) is 192 Å². The standard InChI is InChI=1S/C53H37NO/c1-53(2)47-27-11-10-22-41(47)42-30-29-38(32-48(42)53)54(37-20-12-19-36(31-37)34-15-4-3-5-16-34)49-33-46-51-44(40-25-13-18-35-17-6-7-21-39(35)40)26-14-28-50(51)55-52(46)45-24-9-8-23-43(45)49/h3-33H,1-2H3. The van der Waals surface area contributed by atoms with E-state index in [1.165, 1.54) is 55.3 Å². The van der Waals surface area contributed by atoms with Crippen LogP contribution in [-0.4, -0.2) is 0 Å². The summed E-state index contributed by atoms with van der Waals surface area (Å²) in [6, 6.07) is 68.4. The fourth-order valence-electron chi connectivity index (χ4n) is 9.21. The van der Waals surface area contributed by atoms with Gasteiger partial charge in [-0.15, -0.1) is 0 Å². The van der Waals surface area contributed by atoms with Crippen LogP contribution >= 0.6 is 0 Å². The van der Waals surface area contributed by atoms with Gasteiger partial charge in [0.25, 0.3) is 0 Å². The Balaban J connectivity index is 1.22. The molecule has 0 spiro atoms. The first-order chi connectivity index (χ1) is 27.0. The van der Waals surface area contributed by atoms with Crippen LogP contribution in [0.4, 0.5) is 17.1 Å². The molecule has 0 unspecified atom stereocenters. The van der Waals surface area contributed by atoms with Gasteiger partial charge in [-0.3, -0.25) is 0 Å². The van der Waals surface area contributed by atoms with Crippen molar-refractivity contribution in [2.24, 2.45) is 0 Å². The molecule has 1 aliphatic carbocycles. The molecule has 2 nitrogen and oxygen atoms in total. The van der Waals surface area contributed by atoms with Crippen LogP contribution in [0, 0.1) is 0 Å². The fraction of sp³-hybridized carbons (Fsp3) is 0.0566. The molecule has 11 rings (SSSR count). The first-order valence-corrected chi connectivity index (χ1v) is 19.1. The van der Waals surface area contributed by atoms with E-state index < -0.39 is 0 Å². The molecule has 2 heteroatoms. The average Bonchev–Trinajstić information content (AvgIpc) is 3.73. The first-order valence-electron chi connectivity index (χ1n) is 19.1.